The molecule has 0 amide bonds. The van der Waals surface area contributed by atoms with E-state index in [0.717, 1.165) is 0 Å². The first-order valence-electron chi connectivity index (χ1n) is 16.9. The highest BCUT2D eigenvalue weighted by Gasteiger charge is 2.55. The molecule has 15 unspecified atom stereocenters. The Kier molecular flexibility index (Phi) is 31.0. The minimum absolute atomic E-state index is 0. The van der Waals surface area contributed by atoms with Gasteiger partial charge in [-0.15, -0.1) is 0 Å². The molecule has 0 saturated carbocycles. The van der Waals surface area contributed by atoms with Gasteiger partial charge in [0.25, 0.3) is 0 Å². The van der Waals surface area contributed by atoms with E-state index >= 15 is 0 Å². The minimum atomic E-state index is -1.14. The van der Waals surface area contributed by atoms with Gasteiger partial charge < -0.3 is 103 Å². The van der Waals surface area contributed by atoms with Crippen LogP contribution in [-0.4, -0.2) is 236 Å². The molecule has 10 N–H and O–H groups in total. The van der Waals surface area contributed by atoms with Gasteiger partial charge in [0.2, 0.25) is 0 Å². The summed E-state index contributed by atoms with van der Waals surface area (Å²) in [4.78, 5) is 44.8. The van der Waals surface area contributed by atoms with Crippen molar-refractivity contribution in [3.8, 4) is 0 Å². The van der Waals surface area contributed by atoms with Crippen LogP contribution < -0.4 is 0 Å². The molecule has 4 fully saturated rings. The van der Waals surface area contributed by atoms with Crippen molar-refractivity contribution >= 4 is 23.9 Å². The number of carbonyl (C=O) groups excluding carboxylic acids is 4. The van der Waals surface area contributed by atoms with Gasteiger partial charge in [0.05, 0.1) is 54.4 Å². The number of aliphatic hydroxyl groups excluding tert-OH is 4. The summed E-state index contributed by atoms with van der Waals surface area (Å²) >= 11 is 0. The molecule has 4 aliphatic rings. The van der Waals surface area contributed by atoms with Crippen LogP contribution in [0.4, 0.5) is 0 Å². The number of methoxy groups -OCH3 is 9. The molecule has 58 heavy (non-hydrogen) atoms. The maximum Gasteiger partial charge on any atom is 0.337 e. The number of fused-ring (bicyclic) bond motifs is 1. The number of ether oxygens (including phenoxy) is 14. The standard InChI is InChI=1S/C9H18O5.2C8H14O6.C8H12O5.3H2O/c1-6(11-3)8(9(10)13-5)14-7(2)12-4;2*1-12-6-5(10)4(9)3-14-7(6)8(11)13-2;1-10-6-5-4(13-5)3-12-7(6)8(9)11-2;;;/h6-8H,1-5H3;2*4-7,9-10H,3H2,1-2H3;4-7H,3H2,1-2H3;3*1H2. The summed E-state index contributed by atoms with van der Waals surface area (Å²) in [7, 11) is 12.3. The monoisotopic (exact) mass is 860 g/mol. The SMILES string of the molecule is COC(=O)C(OC(C)OC)C(C)OC.COC(=O)C1OCC(O)C(O)C1OC.COC(=O)C1OCC(O)C(O)C1OC.COC(=O)C1OCC2OC2C1OC.O.O.O. The van der Waals surface area contributed by atoms with Gasteiger partial charge in [0, 0.05) is 35.5 Å². The number of epoxide rings is 1. The van der Waals surface area contributed by atoms with Crippen molar-refractivity contribution in [1.29, 1.82) is 0 Å². The first kappa shape index (κ1) is 59.5. The molecule has 346 valence electrons. The average Bonchev–Trinajstić information content (AvgIpc) is 4.00. The summed E-state index contributed by atoms with van der Waals surface area (Å²) in [6.07, 6.45) is -10.6. The van der Waals surface area contributed by atoms with E-state index in [1.807, 2.05) is 0 Å². The fraction of sp³-hybridized carbons (Fsp3) is 0.879. The van der Waals surface area contributed by atoms with Crippen LogP contribution in [0.5, 0.6) is 0 Å². The lowest BCUT2D eigenvalue weighted by Crippen LogP contribution is -2.56. The molecule has 0 bridgehead atoms. The summed E-state index contributed by atoms with van der Waals surface area (Å²) in [6.45, 7) is 3.65. The highest BCUT2D eigenvalue weighted by atomic mass is 16.7. The molecule has 0 spiro atoms. The van der Waals surface area contributed by atoms with Gasteiger partial charge in [-0.1, -0.05) is 0 Å². The van der Waals surface area contributed by atoms with Gasteiger partial charge in [-0.3, -0.25) is 0 Å². The van der Waals surface area contributed by atoms with Crippen LogP contribution >= 0.6 is 0 Å². The Morgan fingerprint density at radius 3 is 1.26 bits per heavy atom. The molecular formula is C33H64O25. The Bertz CT molecular complexity index is 1080. The second kappa shape index (κ2) is 30.3. The van der Waals surface area contributed by atoms with Gasteiger partial charge in [-0.05, 0) is 13.8 Å². The molecule has 0 radical (unpaired) electrons. The number of aliphatic hydroxyl groups is 4. The predicted molar refractivity (Wildman–Crippen MR) is 191 cm³/mol. The van der Waals surface area contributed by atoms with Crippen LogP contribution in [0.3, 0.4) is 0 Å². The van der Waals surface area contributed by atoms with E-state index in [1.165, 1.54) is 64.0 Å². The molecule has 15 atom stereocenters. The number of hydrogen-bond donors (Lipinski definition) is 4. The van der Waals surface area contributed by atoms with Crippen LogP contribution in [0.1, 0.15) is 13.8 Å². The fourth-order valence-corrected chi connectivity index (χ4v) is 5.23. The van der Waals surface area contributed by atoms with Crippen molar-refractivity contribution in [1.82, 2.24) is 0 Å². The normalized spacial score (nSPS) is 32.0. The quantitative estimate of drug-likeness (QED) is 0.0614. The van der Waals surface area contributed by atoms with Crippen molar-refractivity contribution in [2.24, 2.45) is 0 Å². The van der Waals surface area contributed by atoms with Crippen LogP contribution in [0.2, 0.25) is 0 Å². The van der Waals surface area contributed by atoms with Crippen LogP contribution in [0.15, 0.2) is 0 Å². The third-order valence-corrected chi connectivity index (χ3v) is 8.65. The lowest BCUT2D eigenvalue weighted by atomic mass is 10.00. The topological polar surface area (TPSA) is 376 Å². The number of esters is 4. The van der Waals surface area contributed by atoms with Crippen molar-refractivity contribution in [3.05, 3.63) is 0 Å². The maximum atomic E-state index is 11.3. The van der Waals surface area contributed by atoms with E-state index in [2.05, 4.69) is 18.9 Å². The van der Waals surface area contributed by atoms with E-state index in [1.54, 1.807) is 13.8 Å². The van der Waals surface area contributed by atoms with Crippen LogP contribution in [-0.2, 0) is 85.5 Å². The average molecular weight is 861 g/mol. The van der Waals surface area contributed by atoms with Gasteiger partial charge in [0.15, 0.2) is 30.7 Å². The largest absolute Gasteiger partial charge is 0.467 e. The summed E-state index contributed by atoms with van der Waals surface area (Å²) in [5.74, 6) is -2.12. The highest BCUT2D eigenvalue weighted by Crippen LogP contribution is 2.34. The smallest absolute Gasteiger partial charge is 0.337 e. The van der Waals surface area contributed by atoms with Crippen LogP contribution in [0, 0.1) is 0 Å². The van der Waals surface area contributed by atoms with E-state index in [9.17, 15) is 39.6 Å². The summed E-state index contributed by atoms with van der Waals surface area (Å²) in [6, 6.07) is 0. The van der Waals surface area contributed by atoms with E-state index in [0.29, 0.717) is 6.61 Å². The molecule has 4 aliphatic heterocycles. The first-order chi connectivity index (χ1) is 26.1. The highest BCUT2D eigenvalue weighted by molar-refractivity contribution is 5.76. The lowest BCUT2D eigenvalue weighted by molar-refractivity contribution is -0.210. The molecule has 25 heteroatoms. The summed E-state index contributed by atoms with van der Waals surface area (Å²) in [5, 5.41) is 37.5. The second-order valence-corrected chi connectivity index (χ2v) is 12.0. The summed E-state index contributed by atoms with van der Waals surface area (Å²) < 4.78 is 68.7. The Balaban J connectivity index is -0.000000684. The lowest BCUT2D eigenvalue weighted by Gasteiger charge is -2.35. The molecular weight excluding hydrogens is 796 g/mol. The maximum absolute atomic E-state index is 11.3. The van der Waals surface area contributed by atoms with Gasteiger partial charge >= 0.3 is 23.9 Å². The molecule has 0 aromatic carbocycles. The molecule has 0 aromatic rings. The molecule has 4 saturated heterocycles. The van der Waals surface area contributed by atoms with Crippen LogP contribution in [0.25, 0.3) is 0 Å². The van der Waals surface area contributed by atoms with Gasteiger partial charge in [0.1, 0.15) is 54.9 Å². The van der Waals surface area contributed by atoms with E-state index < -0.39 is 91.2 Å². The third-order valence-electron chi connectivity index (χ3n) is 8.65. The third kappa shape index (κ3) is 17.1. The zero-order valence-corrected chi connectivity index (χ0v) is 34.4. The Labute approximate surface area is 335 Å². The summed E-state index contributed by atoms with van der Waals surface area (Å²) in [5.41, 5.74) is 0. The predicted octanol–water partition coefficient (Wildman–Crippen LogP) is -5.97. The van der Waals surface area contributed by atoms with E-state index in [4.69, 9.17) is 47.4 Å². The minimum Gasteiger partial charge on any atom is -0.467 e. The second-order valence-electron chi connectivity index (χ2n) is 12.0. The molecule has 4 heterocycles. The molecule has 0 aliphatic carbocycles. The van der Waals surface area contributed by atoms with Crippen molar-refractivity contribution in [3.63, 3.8) is 0 Å². The first-order valence-corrected chi connectivity index (χ1v) is 16.9. The Morgan fingerprint density at radius 1 is 0.552 bits per heavy atom. The molecule has 4 rings (SSSR count). The van der Waals surface area contributed by atoms with Crippen molar-refractivity contribution < 1.29 is 122 Å². The zero-order valence-electron chi connectivity index (χ0n) is 34.4. The Morgan fingerprint density at radius 2 is 0.931 bits per heavy atom. The Hall–Kier alpha value is -2.80. The van der Waals surface area contributed by atoms with Gasteiger partial charge in [-0.2, -0.15) is 0 Å². The molecule has 0 aromatic heterocycles. The van der Waals surface area contributed by atoms with E-state index in [-0.39, 0.29) is 54.1 Å². The van der Waals surface area contributed by atoms with Crippen molar-refractivity contribution in [2.45, 2.75) is 106 Å². The number of carbonyl (C=O) groups is 4. The fourth-order valence-electron chi connectivity index (χ4n) is 5.23. The number of rotatable bonds is 12. The van der Waals surface area contributed by atoms with Crippen molar-refractivity contribution in [2.75, 3.05) is 83.8 Å². The zero-order chi connectivity index (χ0) is 42.0. The number of hydrogen-bond acceptors (Lipinski definition) is 22. The molecule has 25 nitrogen and oxygen atoms in total. The van der Waals surface area contributed by atoms with Gasteiger partial charge in [-0.25, -0.2) is 19.2 Å².